The lowest BCUT2D eigenvalue weighted by molar-refractivity contribution is 0.0776. The van der Waals surface area contributed by atoms with Gasteiger partial charge in [0, 0.05) is 25.2 Å². The first kappa shape index (κ1) is 18.6. The number of aromatic nitrogens is 2. The van der Waals surface area contributed by atoms with Gasteiger partial charge in [0.1, 0.15) is 5.82 Å². The van der Waals surface area contributed by atoms with E-state index in [0.717, 1.165) is 35.7 Å². The molecule has 2 heterocycles. The number of rotatable bonds is 7. The molecule has 0 saturated carbocycles. The van der Waals surface area contributed by atoms with Crippen LogP contribution in [0.2, 0.25) is 0 Å². The number of nitrogens with two attached hydrogens (primary N) is 1. The number of nitrogens with one attached hydrogen (secondary N) is 1. The molecule has 0 radical (unpaired) electrons. The Morgan fingerprint density at radius 3 is 2.73 bits per heavy atom. The highest BCUT2D eigenvalue weighted by atomic mass is 16.5. The first-order valence-corrected chi connectivity index (χ1v) is 8.80. The molecule has 1 aromatic heterocycles. The maximum absolute atomic E-state index is 10.1. The molecule has 3 rings (SSSR count). The van der Waals surface area contributed by atoms with Crippen LogP contribution in [-0.2, 0) is 23.6 Å². The Bertz CT molecular complexity index is 754. The zero-order valence-corrected chi connectivity index (χ0v) is 15.6. The van der Waals surface area contributed by atoms with Crippen molar-refractivity contribution in [1.29, 1.82) is 0 Å². The summed E-state index contributed by atoms with van der Waals surface area (Å²) < 4.78 is 5.80. The Morgan fingerprint density at radius 2 is 2.04 bits per heavy atom. The minimum atomic E-state index is -0.867. The third kappa shape index (κ3) is 4.49. The van der Waals surface area contributed by atoms with Crippen molar-refractivity contribution < 1.29 is 9.84 Å². The van der Waals surface area contributed by atoms with Gasteiger partial charge in [-0.3, -0.25) is 0 Å². The topological polar surface area (TPSA) is 96.5 Å². The van der Waals surface area contributed by atoms with Crippen molar-refractivity contribution in [3.63, 3.8) is 0 Å². The summed E-state index contributed by atoms with van der Waals surface area (Å²) in [6.45, 7) is 6.16. The van der Waals surface area contributed by atoms with Crippen molar-refractivity contribution >= 4 is 11.8 Å². The number of aliphatic hydroxyl groups is 1. The molecule has 1 aliphatic heterocycles. The predicted octanol–water partition coefficient (Wildman–Crippen LogP) is 1.41. The highest BCUT2D eigenvalue weighted by Crippen LogP contribution is 2.22. The molecule has 140 valence electrons. The van der Waals surface area contributed by atoms with Crippen LogP contribution >= 0.6 is 0 Å². The Morgan fingerprint density at radius 1 is 1.27 bits per heavy atom. The standard InChI is InChI=1S/C19H27N5O2/c1-19(2,25)14-6-4-5-13(7-14)11-26-12-15-8-17(23-18(20)22-15)24-9-16(10-24)21-3/h4-8,16,21,25H,9-12H2,1-3H3,(H2,20,22,23). The lowest BCUT2D eigenvalue weighted by atomic mass is 9.97. The van der Waals surface area contributed by atoms with Gasteiger partial charge in [-0.15, -0.1) is 0 Å². The quantitative estimate of drug-likeness (QED) is 0.689. The lowest BCUT2D eigenvalue weighted by Crippen LogP contribution is -2.57. The molecule has 1 aliphatic rings. The first-order chi connectivity index (χ1) is 12.3. The number of anilines is 2. The van der Waals surface area contributed by atoms with Crippen LogP contribution in [0.25, 0.3) is 0 Å². The summed E-state index contributed by atoms with van der Waals surface area (Å²) in [5.41, 5.74) is 7.61. The minimum Gasteiger partial charge on any atom is -0.386 e. The van der Waals surface area contributed by atoms with Crippen LogP contribution in [0.5, 0.6) is 0 Å². The molecule has 4 N–H and O–H groups in total. The molecule has 26 heavy (non-hydrogen) atoms. The van der Waals surface area contributed by atoms with Gasteiger partial charge in [0.05, 0.1) is 24.5 Å². The van der Waals surface area contributed by atoms with Gasteiger partial charge in [-0.1, -0.05) is 24.3 Å². The van der Waals surface area contributed by atoms with Crippen LogP contribution in [0.3, 0.4) is 0 Å². The summed E-state index contributed by atoms with van der Waals surface area (Å²) in [6.07, 6.45) is 0. The molecule has 1 saturated heterocycles. The molecule has 7 heteroatoms. The van der Waals surface area contributed by atoms with Gasteiger partial charge in [0.15, 0.2) is 0 Å². The van der Waals surface area contributed by atoms with E-state index in [2.05, 4.69) is 20.2 Å². The third-order valence-corrected chi connectivity index (χ3v) is 4.55. The average Bonchev–Trinajstić information content (AvgIpc) is 2.53. The Hall–Kier alpha value is -2.22. The zero-order valence-electron chi connectivity index (χ0n) is 15.6. The number of nitrogens with zero attached hydrogens (tertiary/aromatic N) is 3. The molecule has 2 aromatic rings. The second-order valence-electron chi connectivity index (χ2n) is 7.22. The minimum absolute atomic E-state index is 0.262. The van der Waals surface area contributed by atoms with Crippen LogP contribution in [0, 0.1) is 0 Å². The van der Waals surface area contributed by atoms with Crippen molar-refractivity contribution in [2.45, 2.75) is 38.7 Å². The second kappa shape index (κ2) is 7.57. The van der Waals surface area contributed by atoms with E-state index in [4.69, 9.17) is 10.5 Å². The average molecular weight is 357 g/mol. The SMILES string of the molecule is CNC1CN(c2cc(COCc3cccc(C(C)(C)O)c3)nc(N)n2)C1. The van der Waals surface area contributed by atoms with Gasteiger partial charge in [0.25, 0.3) is 0 Å². The number of hydrogen-bond acceptors (Lipinski definition) is 7. The summed E-state index contributed by atoms with van der Waals surface area (Å²) in [5, 5.41) is 13.4. The molecule has 0 unspecified atom stereocenters. The Balaban J connectivity index is 1.59. The number of nitrogen functional groups attached to an aromatic ring is 1. The maximum Gasteiger partial charge on any atom is 0.222 e. The second-order valence-corrected chi connectivity index (χ2v) is 7.22. The van der Waals surface area contributed by atoms with Gasteiger partial charge in [0.2, 0.25) is 5.95 Å². The van der Waals surface area contributed by atoms with E-state index in [1.807, 2.05) is 37.4 Å². The largest absolute Gasteiger partial charge is 0.386 e. The third-order valence-electron chi connectivity index (χ3n) is 4.55. The van der Waals surface area contributed by atoms with E-state index >= 15 is 0 Å². The van der Waals surface area contributed by atoms with Gasteiger partial charge >= 0.3 is 0 Å². The number of likely N-dealkylation sites (N-methyl/N-ethyl adjacent to an activating group) is 1. The van der Waals surface area contributed by atoms with E-state index < -0.39 is 5.60 Å². The molecule has 1 aromatic carbocycles. The molecule has 0 bridgehead atoms. The molecular formula is C19H27N5O2. The monoisotopic (exact) mass is 357 g/mol. The molecule has 0 aliphatic carbocycles. The number of ether oxygens (including phenoxy) is 1. The summed E-state index contributed by atoms with van der Waals surface area (Å²) >= 11 is 0. The van der Waals surface area contributed by atoms with Crippen LogP contribution in [0.4, 0.5) is 11.8 Å². The smallest absolute Gasteiger partial charge is 0.222 e. The first-order valence-electron chi connectivity index (χ1n) is 8.80. The van der Waals surface area contributed by atoms with E-state index in [1.165, 1.54) is 0 Å². The highest BCUT2D eigenvalue weighted by Gasteiger charge is 2.26. The summed E-state index contributed by atoms with van der Waals surface area (Å²) in [6, 6.07) is 10.2. The van der Waals surface area contributed by atoms with Gasteiger partial charge in [-0.25, -0.2) is 4.98 Å². The van der Waals surface area contributed by atoms with Crippen molar-refractivity contribution in [2.24, 2.45) is 0 Å². The van der Waals surface area contributed by atoms with Crippen LogP contribution in [0.1, 0.15) is 30.7 Å². The molecule has 0 atom stereocenters. The van der Waals surface area contributed by atoms with Crippen molar-refractivity contribution in [1.82, 2.24) is 15.3 Å². The van der Waals surface area contributed by atoms with E-state index in [9.17, 15) is 5.11 Å². The van der Waals surface area contributed by atoms with Crippen molar-refractivity contribution in [2.75, 3.05) is 30.8 Å². The Labute approximate surface area is 154 Å². The van der Waals surface area contributed by atoms with Crippen LogP contribution in [-0.4, -0.2) is 41.3 Å². The Kier molecular flexibility index (Phi) is 5.41. The maximum atomic E-state index is 10.1. The molecule has 0 spiro atoms. The molecule has 0 amide bonds. The fourth-order valence-electron chi connectivity index (χ4n) is 2.90. The highest BCUT2D eigenvalue weighted by molar-refractivity contribution is 5.46. The zero-order chi connectivity index (χ0) is 18.7. The van der Waals surface area contributed by atoms with Crippen molar-refractivity contribution in [3.8, 4) is 0 Å². The van der Waals surface area contributed by atoms with Gasteiger partial charge in [-0.05, 0) is 32.0 Å². The van der Waals surface area contributed by atoms with Gasteiger partial charge in [-0.2, -0.15) is 4.98 Å². The predicted molar refractivity (Wildman–Crippen MR) is 102 cm³/mol. The summed E-state index contributed by atoms with van der Waals surface area (Å²) in [7, 11) is 1.96. The fourth-order valence-corrected chi connectivity index (χ4v) is 2.90. The number of benzene rings is 1. The van der Waals surface area contributed by atoms with E-state index in [1.54, 1.807) is 13.8 Å². The normalized spacial score (nSPS) is 15.2. The summed E-state index contributed by atoms with van der Waals surface area (Å²) in [4.78, 5) is 10.7. The van der Waals surface area contributed by atoms with Crippen molar-refractivity contribution in [3.05, 3.63) is 47.2 Å². The molecular weight excluding hydrogens is 330 g/mol. The molecule has 1 fully saturated rings. The number of hydrogen-bond donors (Lipinski definition) is 3. The molecule has 7 nitrogen and oxygen atoms in total. The fraction of sp³-hybridized carbons (Fsp3) is 0.474. The van der Waals surface area contributed by atoms with Crippen LogP contribution < -0.4 is 16.0 Å². The van der Waals surface area contributed by atoms with Gasteiger partial charge < -0.3 is 25.8 Å². The van der Waals surface area contributed by atoms with Crippen LogP contribution in [0.15, 0.2) is 30.3 Å². The van der Waals surface area contributed by atoms with E-state index in [-0.39, 0.29) is 5.95 Å². The lowest BCUT2D eigenvalue weighted by Gasteiger charge is -2.40. The summed E-state index contributed by atoms with van der Waals surface area (Å²) in [5.74, 6) is 1.10. The van der Waals surface area contributed by atoms with E-state index in [0.29, 0.717) is 19.3 Å².